The Morgan fingerprint density at radius 1 is 1.17 bits per heavy atom. The molecular formula is C16H33NO. The number of hydrogen-bond donors (Lipinski definition) is 1. The van der Waals surface area contributed by atoms with Crippen LogP contribution in [-0.2, 0) is 4.74 Å². The minimum absolute atomic E-state index is 0.864. The van der Waals surface area contributed by atoms with Gasteiger partial charge in [0.2, 0.25) is 0 Å². The van der Waals surface area contributed by atoms with Gasteiger partial charge in [0.05, 0.1) is 0 Å². The Morgan fingerprint density at radius 2 is 2.00 bits per heavy atom. The standard InChI is InChI=1S/C16H33NO/c1-4-10-17-13-16-9-8-14(3)12-15(16)7-6-11-18-5-2/h14-17H,4-13H2,1-3H3. The van der Waals surface area contributed by atoms with Gasteiger partial charge in [-0.1, -0.05) is 20.3 Å². The van der Waals surface area contributed by atoms with Crippen LogP contribution in [0.15, 0.2) is 0 Å². The van der Waals surface area contributed by atoms with E-state index < -0.39 is 0 Å². The molecule has 3 unspecified atom stereocenters. The van der Waals surface area contributed by atoms with E-state index in [0.717, 1.165) is 31.0 Å². The van der Waals surface area contributed by atoms with Crippen molar-refractivity contribution in [1.29, 1.82) is 0 Å². The van der Waals surface area contributed by atoms with Gasteiger partial charge in [0, 0.05) is 13.2 Å². The second-order valence-electron chi connectivity index (χ2n) is 5.98. The van der Waals surface area contributed by atoms with Gasteiger partial charge in [-0.3, -0.25) is 0 Å². The van der Waals surface area contributed by atoms with Gasteiger partial charge in [0.1, 0.15) is 0 Å². The molecule has 0 bridgehead atoms. The van der Waals surface area contributed by atoms with Crippen LogP contribution in [0.2, 0.25) is 0 Å². The monoisotopic (exact) mass is 255 g/mol. The molecule has 1 N–H and O–H groups in total. The molecule has 18 heavy (non-hydrogen) atoms. The van der Waals surface area contributed by atoms with Gasteiger partial charge in [-0.2, -0.15) is 0 Å². The van der Waals surface area contributed by atoms with Crippen molar-refractivity contribution in [2.24, 2.45) is 17.8 Å². The number of ether oxygens (including phenoxy) is 1. The SMILES string of the molecule is CCCNCC1CCC(C)CC1CCCOCC. The summed E-state index contributed by atoms with van der Waals surface area (Å²) in [5.74, 6) is 2.78. The van der Waals surface area contributed by atoms with Crippen molar-refractivity contribution in [1.82, 2.24) is 5.32 Å². The molecule has 0 heterocycles. The van der Waals surface area contributed by atoms with Gasteiger partial charge in [0.25, 0.3) is 0 Å². The average Bonchev–Trinajstić information content (AvgIpc) is 2.37. The topological polar surface area (TPSA) is 21.3 Å². The van der Waals surface area contributed by atoms with E-state index >= 15 is 0 Å². The van der Waals surface area contributed by atoms with Crippen LogP contribution >= 0.6 is 0 Å². The third-order valence-electron chi connectivity index (χ3n) is 4.30. The molecule has 0 spiro atoms. The normalized spacial score (nSPS) is 28.5. The van der Waals surface area contributed by atoms with E-state index in [0.29, 0.717) is 0 Å². The van der Waals surface area contributed by atoms with Gasteiger partial charge in [-0.25, -0.2) is 0 Å². The second kappa shape index (κ2) is 9.80. The average molecular weight is 255 g/mol. The van der Waals surface area contributed by atoms with E-state index in [2.05, 4.69) is 26.1 Å². The van der Waals surface area contributed by atoms with Gasteiger partial charge >= 0.3 is 0 Å². The van der Waals surface area contributed by atoms with Gasteiger partial charge in [-0.15, -0.1) is 0 Å². The number of hydrogen-bond acceptors (Lipinski definition) is 2. The predicted molar refractivity (Wildman–Crippen MR) is 78.9 cm³/mol. The van der Waals surface area contributed by atoms with Crippen LogP contribution < -0.4 is 5.32 Å². The first kappa shape index (κ1) is 16.0. The molecule has 0 amide bonds. The third-order valence-corrected chi connectivity index (χ3v) is 4.30. The van der Waals surface area contributed by atoms with E-state index in [1.807, 2.05) is 0 Å². The lowest BCUT2D eigenvalue weighted by molar-refractivity contribution is 0.120. The summed E-state index contributed by atoms with van der Waals surface area (Å²) < 4.78 is 5.47. The lowest BCUT2D eigenvalue weighted by Crippen LogP contribution is -2.33. The minimum Gasteiger partial charge on any atom is -0.382 e. The van der Waals surface area contributed by atoms with E-state index in [4.69, 9.17) is 4.74 Å². The van der Waals surface area contributed by atoms with Crippen LogP contribution in [-0.4, -0.2) is 26.3 Å². The maximum Gasteiger partial charge on any atom is 0.0465 e. The van der Waals surface area contributed by atoms with Crippen molar-refractivity contribution in [2.75, 3.05) is 26.3 Å². The van der Waals surface area contributed by atoms with Gasteiger partial charge < -0.3 is 10.1 Å². The zero-order valence-corrected chi connectivity index (χ0v) is 12.7. The smallest absolute Gasteiger partial charge is 0.0465 e. The first-order valence-electron chi connectivity index (χ1n) is 8.06. The molecule has 0 aromatic carbocycles. The molecular weight excluding hydrogens is 222 g/mol. The Balaban J connectivity index is 2.26. The quantitative estimate of drug-likeness (QED) is 0.632. The molecule has 2 heteroatoms. The van der Waals surface area contributed by atoms with Crippen molar-refractivity contribution in [3.63, 3.8) is 0 Å². The van der Waals surface area contributed by atoms with Gasteiger partial charge in [0.15, 0.2) is 0 Å². The summed E-state index contributed by atoms with van der Waals surface area (Å²) in [7, 11) is 0. The van der Waals surface area contributed by atoms with Crippen molar-refractivity contribution in [2.45, 2.75) is 59.3 Å². The highest BCUT2D eigenvalue weighted by molar-refractivity contribution is 4.80. The highest BCUT2D eigenvalue weighted by atomic mass is 16.5. The van der Waals surface area contributed by atoms with E-state index in [9.17, 15) is 0 Å². The van der Waals surface area contributed by atoms with E-state index in [1.165, 1.54) is 51.6 Å². The van der Waals surface area contributed by atoms with Crippen molar-refractivity contribution in [3.05, 3.63) is 0 Å². The maximum atomic E-state index is 5.47. The highest BCUT2D eigenvalue weighted by Gasteiger charge is 2.27. The zero-order chi connectivity index (χ0) is 13.2. The van der Waals surface area contributed by atoms with Crippen molar-refractivity contribution in [3.8, 4) is 0 Å². The Morgan fingerprint density at radius 3 is 2.72 bits per heavy atom. The van der Waals surface area contributed by atoms with Crippen LogP contribution in [0.3, 0.4) is 0 Å². The van der Waals surface area contributed by atoms with E-state index in [-0.39, 0.29) is 0 Å². The first-order valence-corrected chi connectivity index (χ1v) is 8.06. The lowest BCUT2D eigenvalue weighted by atomic mass is 9.73. The Kier molecular flexibility index (Phi) is 8.70. The zero-order valence-electron chi connectivity index (χ0n) is 12.7. The summed E-state index contributed by atoms with van der Waals surface area (Å²) >= 11 is 0. The Hall–Kier alpha value is -0.0800. The molecule has 0 aliphatic heterocycles. The minimum atomic E-state index is 0.864. The van der Waals surface area contributed by atoms with Crippen molar-refractivity contribution < 1.29 is 4.74 Å². The highest BCUT2D eigenvalue weighted by Crippen LogP contribution is 2.36. The molecule has 2 nitrogen and oxygen atoms in total. The molecule has 1 rings (SSSR count). The molecule has 108 valence electrons. The fourth-order valence-electron chi connectivity index (χ4n) is 3.24. The summed E-state index contributed by atoms with van der Waals surface area (Å²) in [6.45, 7) is 11.0. The summed E-state index contributed by atoms with van der Waals surface area (Å²) in [4.78, 5) is 0. The molecule has 1 aliphatic carbocycles. The number of nitrogens with one attached hydrogen (secondary N) is 1. The van der Waals surface area contributed by atoms with E-state index in [1.54, 1.807) is 0 Å². The first-order chi connectivity index (χ1) is 8.77. The summed E-state index contributed by atoms with van der Waals surface area (Å²) in [6, 6.07) is 0. The van der Waals surface area contributed by atoms with Crippen LogP contribution in [0, 0.1) is 17.8 Å². The lowest BCUT2D eigenvalue weighted by Gasteiger charge is -2.35. The summed E-state index contributed by atoms with van der Waals surface area (Å²) in [6.07, 6.45) is 8.15. The molecule has 0 aromatic rings. The Labute approximate surface area is 114 Å². The fraction of sp³-hybridized carbons (Fsp3) is 1.00. The van der Waals surface area contributed by atoms with Crippen LogP contribution in [0.5, 0.6) is 0 Å². The third kappa shape index (κ3) is 6.19. The molecule has 1 fully saturated rings. The number of rotatable bonds is 9. The van der Waals surface area contributed by atoms with Crippen LogP contribution in [0.25, 0.3) is 0 Å². The molecule has 3 atom stereocenters. The summed E-state index contributed by atoms with van der Waals surface area (Å²) in [5, 5.41) is 3.62. The fourth-order valence-corrected chi connectivity index (χ4v) is 3.24. The molecule has 0 aromatic heterocycles. The second-order valence-corrected chi connectivity index (χ2v) is 5.98. The van der Waals surface area contributed by atoms with Gasteiger partial charge in [-0.05, 0) is 69.9 Å². The van der Waals surface area contributed by atoms with Crippen LogP contribution in [0.4, 0.5) is 0 Å². The maximum absolute atomic E-state index is 5.47. The predicted octanol–water partition coefficient (Wildman–Crippen LogP) is 3.86. The molecule has 0 saturated heterocycles. The summed E-state index contributed by atoms with van der Waals surface area (Å²) in [5.41, 5.74) is 0. The van der Waals surface area contributed by atoms with Crippen LogP contribution in [0.1, 0.15) is 59.3 Å². The largest absolute Gasteiger partial charge is 0.382 e. The molecule has 1 aliphatic rings. The van der Waals surface area contributed by atoms with Crippen molar-refractivity contribution >= 4 is 0 Å². The molecule has 0 radical (unpaired) electrons. The molecule has 1 saturated carbocycles. The Bertz CT molecular complexity index is 196.